The van der Waals surface area contributed by atoms with Crippen LogP contribution in [-0.2, 0) is 9.59 Å². The van der Waals surface area contributed by atoms with Crippen LogP contribution in [0.5, 0.6) is 0 Å². The van der Waals surface area contributed by atoms with Crippen molar-refractivity contribution in [3.8, 4) is 0 Å². The summed E-state index contributed by atoms with van der Waals surface area (Å²) in [6, 6.07) is -0.895. The van der Waals surface area contributed by atoms with Crippen molar-refractivity contribution in [3.05, 3.63) is 24.3 Å². The van der Waals surface area contributed by atoms with Crippen molar-refractivity contribution in [2.75, 3.05) is 0 Å². The predicted molar refractivity (Wildman–Crippen MR) is 184 cm³/mol. The van der Waals surface area contributed by atoms with Crippen LogP contribution in [0.15, 0.2) is 24.3 Å². The lowest BCUT2D eigenvalue weighted by Crippen LogP contribution is -2.38. The number of carbonyl (C=O) groups is 2. The summed E-state index contributed by atoms with van der Waals surface area (Å²) in [6.07, 6.45) is 42.5. The van der Waals surface area contributed by atoms with E-state index in [1.54, 1.807) is 0 Å². The number of ketones is 2. The van der Waals surface area contributed by atoms with E-state index in [-0.39, 0.29) is 24.0 Å². The monoisotopic (exact) mass is 596 g/mol. The zero-order valence-electron chi connectivity index (χ0n) is 27.5. The molecule has 2 N–H and O–H groups in total. The molecule has 4 heteroatoms. The molecule has 0 saturated carbocycles. The summed E-state index contributed by atoms with van der Waals surface area (Å²) in [7, 11) is 0. The molecule has 0 atom stereocenters. The zero-order chi connectivity index (χ0) is 29.4. The third-order valence-electron chi connectivity index (χ3n) is 8.06. The highest BCUT2D eigenvalue weighted by Gasteiger charge is 2.20. The molecule has 0 radical (unpaired) electrons. The molecule has 0 heterocycles. The predicted octanol–water partition coefficient (Wildman–Crippen LogP) is 11.9. The Labute approximate surface area is 262 Å². The third-order valence-corrected chi connectivity index (χ3v) is 8.06. The number of rotatable bonds is 32. The maximum Gasteiger partial charge on any atom is 0.157 e. The van der Waals surface area contributed by atoms with E-state index in [0.29, 0.717) is 12.8 Å². The van der Waals surface area contributed by atoms with Crippen LogP contribution in [0.25, 0.3) is 0 Å². The van der Waals surface area contributed by atoms with Gasteiger partial charge in [0.1, 0.15) is 6.04 Å². The SMILES string of the molecule is CCCCCCCC/C=C\CCCCCCCC(=O)C(N)C(=O)CCCCCCC/C=C\CCCCCCCC.Cl. The van der Waals surface area contributed by atoms with Gasteiger partial charge in [0.2, 0.25) is 0 Å². The maximum atomic E-state index is 12.3. The van der Waals surface area contributed by atoms with Crippen LogP contribution in [0.4, 0.5) is 0 Å². The number of hydrogen-bond acceptors (Lipinski definition) is 3. The van der Waals surface area contributed by atoms with E-state index >= 15 is 0 Å². The molecule has 0 rings (SSSR count). The molecule has 0 aromatic heterocycles. The minimum atomic E-state index is -0.895. The number of allylic oxidation sites excluding steroid dienone is 4. The first kappa shape index (κ1) is 42.2. The van der Waals surface area contributed by atoms with Gasteiger partial charge in [0.15, 0.2) is 11.6 Å². The summed E-state index contributed by atoms with van der Waals surface area (Å²) in [6.45, 7) is 4.53. The second kappa shape index (κ2) is 35.3. The van der Waals surface area contributed by atoms with E-state index in [0.717, 1.165) is 38.5 Å². The number of halogens is 1. The van der Waals surface area contributed by atoms with Crippen molar-refractivity contribution in [2.24, 2.45) is 5.73 Å². The molecule has 242 valence electrons. The quantitative estimate of drug-likeness (QED) is 0.0478. The van der Waals surface area contributed by atoms with E-state index < -0.39 is 6.04 Å². The van der Waals surface area contributed by atoms with Crippen LogP contribution in [0.3, 0.4) is 0 Å². The van der Waals surface area contributed by atoms with Crippen molar-refractivity contribution in [1.82, 2.24) is 0 Å². The van der Waals surface area contributed by atoms with Crippen molar-refractivity contribution in [2.45, 2.75) is 200 Å². The molecule has 3 nitrogen and oxygen atoms in total. The Kier molecular flexibility index (Phi) is 36.3. The number of Topliss-reactive ketones (excluding diaryl/α,β-unsaturated/α-hetero) is 2. The number of hydrogen-bond donors (Lipinski definition) is 1. The van der Waals surface area contributed by atoms with Crippen molar-refractivity contribution in [1.29, 1.82) is 0 Å². The van der Waals surface area contributed by atoms with E-state index in [9.17, 15) is 9.59 Å². The minimum absolute atomic E-state index is 0. The summed E-state index contributed by atoms with van der Waals surface area (Å²) < 4.78 is 0. The molecule has 0 unspecified atom stereocenters. The van der Waals surface area contributed by atoms with Gasteiger partial charge >= 0.3 is 0 Å². The lowest BCUT2D eigenvalue weighted by atomic mass is 9.98. The third kappa shape index (κ3) is 31.8. The van der Waals surface area contributed by atoms with Gasteiger partial charge in [-0.3, -0.25) is 9.59 Å². The second-order valence-corrected chi connectivity index (χ2v) is 12.1. The van der Waals surface area contributed by atoms with Gasteiger partial charge in [-0.1, -0.05) is 141 Å². The highest BCUT2D eigenvalue weighted by molar-refractivity contribution is 6.06. The van der Waals surface area contributed by atoms with Gasteiger partial charge < -0.3 is 5.73 Å². The fourth-order valence-corrected chi connectivity index (χ4v) is 5.23. The Morgan fingerprint density at radius 3 is 0.976 bits per heavy atom. The molecule has 41 heavy (non-hydrogen) atoms. The number of carbonyl (C=O) groups excluding carboxylic acids is 2. The van der Waals surface area contributed by atoms with Crippen LogP contribution >= 0.6 is 12.4 Å². The smallest absolute Gasteiger partial charge is 0.157 e. The van der Waals surface area contributed by atoms with Crippen LogP contribution in [0, 0.1) is 0 Å². The summed E-state index contributed by atoms with van der Waals surface area (Å²) in [5.74, 6) is -0.120. The molecular formula is C37H70ClNO2. The molecule has 0 aromatic rings. The first-order chi connectivity index (χ1) is 19.6. The van der Waals surface area contributed by atoms with Crippen molar-refractivity contribution >= 4 is 24.0 Å². The summed E-state index contributed by atoms with van der Waals surface area (Å²) in [5.41, 5.74) is 5.97. The standard InChI is InChI=1S/C37H69NO2.ClH/c1-3-5-7-9-11-13-15-17-19-21-23-25-27-29-31-33-35(39)37(38)36(40)34-32-30-28-26-24-22-20-18-16-14-12-10-8-6-4-2;/h17-20,37H,3-16,21-34,38H2,1-2H3;1H/b19-17-,20-18-;. The average Bonchev–Trinajstić information content (AvgIpc) is 2.96. The van der Waals surface area contributed by atoms with Crippen LogP contribution in [-0.4, -0.2) is 17.6 Å². The van der Waals surface area contributed by atoms with Gasteiger partial charge in [0.05, 0.1) is 0 Å². The molecule has 0 aliphatic rings. The highest BCUT2D eigenvalue weighted by Crippen LogP contribution is 2.13. The Hall–Kier alpha value is -0.930. The fourth-order valence-electron chi connectivity index (χ4n) is 5.23. The largest absolute Gasteiger partial charge is 0.315 e. The first-order valence-corrected chi connectivity index (χ1v) is 17.7. The Morgan fingerprint density at radius 1 is 0.439 bits per heavy atom. The van der Waals surface area contributed by atoms with Crippen LogP contribution < -0.4 is 5.73 Å². The summed E-state index contributed by atoms with van der Waals surface area (Å²) in [4.78, 5) is 24.6. The Balaban J connectivity index is 0. The average molecular weight is 596 g/mol. The van der Waals surface area contributed by atoms with Gasteiger partial charge in [-0.2, -0.15) is 0 Å². The lowest BCUT2D eigenvalue weighted by Gasteiger charge is -2.09. The number of nitrogens with two attached hydrogens (primary N) is 1. The first-order valence-electron chi connectivity index (χ1n) is 17.7. The summed E-state index contributed by atoms with van der Waals surface area (Å²) >= 11 is 0. The Bertz CT molecular complexity index is 564. The molecule has 0 amide bonds. The lowest BCUT2D eigenvalue weighted by molar-refractivity contribution is -0.129. The van der Waals surface area contributed by atoms with Crippen molar-refractivity contribution in [3.63, 3.8) is 0 Å². The highest BCUT2D eigenvalue weighted by atomic mass is 35.5. The molecule has 0 spiro atoms. The molecule has 0 fully saturated rings. The van der Waals surface area contributed by atoms with Crippen LogP contribution in [0.1, 0.15) is 194 Å². The zero-order valence-corrected chi connectivity index (χ0v) is 28.3. The maximum absolute atomic E-state index is 12.3. The van der Waals surface area contributed by atoms with E-state index in [2.05, 4.69) is 38.2 Å². The van der Waals surface area contributed by atoms with Gasteiger partial charge in [0.25, 0.3) is 0 Å². The normalized spacial score (nSPS) is 11.6. The van der Waals surface area contributed by atoms with Gasteiger partial charge in [-0.25, -0.2) is 0 Å². The second-order valence-electron chi connectivity index (χ2n) is 12.1. The van der Waals surface area contributed by atoms with E-state index in [1.807, 2.05) is 0 Å². The molecule has 0 aliphatic carbocycles. The number of unbranched alkanes of at least 4 members (excludes halogenated alkanes) is 22. The van der Waals surface area contributed by atoms with E-state index in [4.69, 9.17) is 5.73 Å². The van der Waals surface area contributed by atoms with Gasteiger partial charge in [0, 0.05) is 12.8 Å². The molecule has 0 aliphatic heterocycles. The van der Waals surface area contributed by atoms with Gasteiger partial charge in [-0.15, -0.1) is 12.4 Å². The van der Waals surface area contributed by atoms with Gasteiger partial charge in [-0.05, 0) is 64.2 Å². The van der Waals surface area contributed by atoms with Crippen LogP contribution in [0.2, 0.25) is 0 Å². The minimum Gasteiger partial charge on any atom is -0.315 e. The topological polar surface area (TPSA) is 60.2 Å². The Morgan fingerprint density at radius 2 is 0.683 bits per heavy atom. The molecule has 0 aromatic carbocycles. The van der Waals surface area contributed by atoms with Crippen molar-refractivity contribution < 1.29 is 9.59 Å². The summed E-state index contributed by atoms with van der Waals surface area (Å²) in [5, 5.41) is 0. The fraction of sp³-hybridized carbons (Fsp3) is 0.838. The molecule has 0 bridgehead atoms. The van der Waals surface area contributed by atoms with E-state index in [1.165, 1.54) is 128 Å². The molecular weight excluding hydrogens is 526 g/mol. The molecule has 0 saturated heterocycles.